The van der Waals surface area contributed by atoms with Crippen LogP contribution in [0.3, 0.4) is 0 Å². The normalized spacial score (nSPS) is 27.4. The first-order valence-electron chi connectivity index (χ1n) is 38.4. The van der Waals surface area contributed by atoms with Gasteiger partial charge in [-0.3, -0.25) is 9.59 Å². The second kappa shape index (κ2) is 54.6. The predicted molar refractivity (Wildman–Crippen MR) is 375 cm³/mol. The van der Waals surface area contributed by atoms with Gasteiger partial charge in [0.1, 0.15) is 67.1 Å². The lowest BCUT2D eigenvalue weighted by Crippen LogP contribution is -2.70. The van der Waals surface area contributed by atoms with E-state index in [9.17, 15) is 75.7 Å². The number of carbonyl (C=O) groups excluding carboxylic acids is 2. The SMILES string of the molecule is CCCCCCCCCCC/C=C\C/C=C\CCCCCCCCCCCCCCCCCC(=O)NC(COC1OC(CO)C(OC2OC(CO)C(O)C(OC3(C(=O)O)CC(O)C(NC(C)=O)C(C(O)C(O)CO)O3)C2O)C(O)C1O)C(O)/C=C/CCCCCCCCCCCCC. The molecule has 3 rings (SSSR count). The zero-order chi connectivity index (χ0) is 71.8. The Morgan fingerprint density at radius 1 is 0.541 bits per heavy atom. The molecule has 0 saturated carbocycles. The van der Waals surface area contributed by atoms with E-state index >= 15 is 0 Å². The van der Waals surface area contributed by atoms with Crippen molar-refractivity contribution < 1.29 is 104 Å². The molecule has 3 aliphatic rings. The fraction of sp³-hybridized carbons (Fsp3) is 0.880. The number of carbonyl (C=O) groups is 3. The first kappa shape index (κ1) is 89.2. The molecule has 0 spiro atoms. The molecule has 0 aromatic heterocycles. The van der Waals surface area contributed by atoms with E-state index in [2.05, 4.69) is 48.8 Å². The molecule has 3 heterocycles. The van der Waals surface area contributed by atoms with Crippen LogP contribution in [-0.2, 0) is 42.8 Å². The quantitative estimate of drug-likeness (QED) is 0.0199. The second-order valence-corrected chi connectivity index (χ2v) is 27.9. The molecule has 18 atom stereocenters. The summed E-state index contributed by atoms with van der Waals surface area (Å²) in [7, 11) is 0. The Hall–Kier alpha value is -3.05. The van der Waals surface area contributed by atoms with Crippen LogP contribution in [0.1, 0.15) is 284 Å². The van der Waals surface area contributed by atoms with E-state index in [0.29, 0.717) is 12.8 Å². The first-order chi connectivity index (χ1) is 47.4. The van der Waals surface area contributed by atoms with Gasteiger partial charge in [0.2, 0.25) is 11.8 Å². The number of carboxylic acids is 1. The lowest BCUT2D eigenvalue weighted by atomic mass is 9.88. The maximum Gasteiger partial charge on any atom is 0.364 e. The number of aliphatic hydroxyl groups is 11. The van der Waals surface area contributed by atoms with Crippen LogP contribution in [0.15, 0.2) is 36.5 Å². The summed E-state index contributed by atoms with van der Waals surface area (Å²) in [6.07, 6.45) is 30.6. The van der Waals surface area contributed by atoms with Crippen molar-refractivity contribution in [2.45, 2.75) is 394 Å². The highest BCUT2D eigenvalue weighted by Crippen LogP contribution is 2.39. The molecule has 23 nitrogen and oxygen atoms in total. The van der Waals surface area contributed by atoms with Gasteiger partial charge in [0, 0.05) is 19.8 Å². The lowest BCUT2D eigenvalue weighted by molar-refractivity contribution is -0.386. The van der Waals surface area contributed by atoms with Gasteiger partial charge in [-0.25, -0.2) is 4.79 Å². The largest absolute Gasteiger partial charge is 0.477 e. The number of amides is 2. The maximum absolute atomic E-state index is 13.5. The molecule has 18 unspecified atom stereocenters. The molecule has 0 bridgehead atoms. The molecule has 3 saturated heterocycles. The number of rotatable bonds is 59. The molecule has 0 aromatic rings. The Morgan fingerprint density at radius 2 is 0.990 bits per heavy atom. The number of allylic oxidation sites excluding steroid dienone is 5. The summed E-state index contributed by atoms with van der Waals surface area (Å²) >= 11 is 0. The average Bonchev–Trinajstić information content (AvgIpc) is 0.757. The van der Waals surface area contributed by atoms with E-state index in [1.807, 2.05) is 6.08 Å². The van der Waals surface area contributed by atoms with Gasteiger partial charge in [0.05, 0.1) is 50.7 Å². The van der Waals surface area contributed by atoms with E-state index < -0.39 is 155 Å². The minimum absolute atomic E-state index is 0.200. The predicted octanol–water partition coefficient (Wildman–Crippen LogP) is 8.96. The highest BCUT2D eigenvalue weighted by molar-refractivity contribution is 5.77. The van der Waals surface area contributed by atoms with Gasteiger partial charge >= 0.3 is 5.97 Å². The summed E-state index contributed by atoms with van der Waals surface area (Å²) in [4.78, 5) is 38.6. The fourth-order valence-corrected chi connectivity index (χ4v) is 13.2. The fourth-order valence-electron chi connectivity index (χ4n) is 13.2. The Balaban J connectivity index is 1.48. The van der Waals surface area contributed by atoms with Crippen molar-refractivity contribution in [3.63, 3.8) is 0 Å². The van der Waals surface area contributed by atoms with Crippen LogP contribution in [0.4, 0.5) is 0 Å². The molecule has 98 heavy (non-hydrogen) atoms. The van der Waals surface area contributed by atoms with Crippen LogP contribution in [0.5, 0.6) is 0 Å². The molecule has 14 N–H and O–H groups in total. The summed E-state index contributed by atoms with van der Waals surface area (Å²) in [6, 6.07) is -2.62. The van der Waals surface area contributed by atoms with Gasteiger partial charge in [-0.05, 0) is 51.4 Å². The third kappa shape index (κ3) is 35.4. The zero-order valence-corrected chi connectivity index (χ0v) is 60.1. The number of hydrogen-bond acceptors (Lipinski definition) is 20. The number of ether oxygens (including phenoxy) is 6. The number of hydrogen-bond donors (Lipinski definition) is 14. The Kier molecular flexibility index (Phi) is 49.7. The van der Waals surface area contributed by atoms with Crippen LogP contribution < -0.4 is 10.6 Å². The van der Waals surface area contributed by atoms with Crippen molar-refractivity contribution in [2.75, 3.05) is 26.4 Å². The van der Waals surface area contributed by atoms with Crippen molar-refractivity contribution in [1.29, 1.82) is 0 Å². The van der Waals surface area contributed by atoms with E-state index in [0.717, 1.165) is 58.3 Å². The third-order valence-electron chi connectivity index (χ3n) is 19.3. The van der Waals surface area contributed by atoms with E-state index in [4.69, 9.17) is 28.4 Å². The second-order valence-electron chi connectivity index (χ2n) is 27.9. The molecule has 2 amide bonds. The number of unbranched alkanes of at least 4 members (excludes halogenated alkanes) is 35. The van der Waals surface area contributed by atoms with Crippen molar-refractivity contribution in [2.24, 2.45) is 0 Å². The molecule has 0 aromatic carbocycles. The summed E-state index contributed by atoms with van der Waals surface area (Å²) in [5, 5.41) is 136. The van der Waals surface area contributed by atoms with Gasteiger partial charge in [-0.15, -0.1) is 0 Å². The number of aliphatic carboxylic acids is 1. The smallest absolute Gasteiger partial charge is 0.364 e. The maximum atomic E-state index is 13.5. The van der Waals surface area contributed by atoms with Crippen LogP contribution in [0, 0.1) is 0 Å². The summed E-state index contributed by atoms with van der Waals surface area (Å²) in [5.74, 6) is -6.14. The van der Waals surface area contributed by atoms with Crippen LogP contribution in [0.25, 0.3) is 0 Å². The standard InChI is InChI=1S/C75H136N2O21/c1-4-6-8-10-12-14-16-18-19-20-21-22-23-24-25-26-27-28-29-30-31-32-33-34-35-37-39-41-43-45-47-49-62(85)77-56(57(82)48-46-44-42-40-38-36-17-15-13-11-9-7-5-2)54-93-72-67(89)66(88)69(61(53-80)95-72)96-73-68(90)71(65(87)60(52-79)94-73)98-75(74(91)92)50-58(83)63(76-55(3)81)70(97-75)64(86)59(84)51-78/h21-22,24-25,46,48,56-61,63-73,78-80,82-84,86-90H,4-20,23,26-45,47,49-54H2,1-3H3,(H,76,81)(H,77,85)(H,91,92)/b22-21-,25-24-,48-46+. The Morgan fingerprint density at radius 3 is 1.44 bits per heavy atom. The van der Waals surface area contributed by atoms with E-state index in [1.54, 1.807) is 6.08 Å². The minimum Gasteiger partial charge on any atom is -0.477 e. The van der Waals surface area contributed by atoms with E-state index in [1.165, 1.54) is 186 Å². The van der Waals surface area contributed by atoms with Crippen molar-refractivity contribution >= 4 is 17.8 Å². The number of aliphatic hydroxyl groups excluding tert-OH is 11. The average molecular weight is 1400 g/mol. The molecular formula is C75H136N2O21. The van der Waals surface area contributed by atoms with Gasteiger partial charge in [0.15, 0.2) is 12.6 Å². The molecule has 0 radical (unpaired) electrons. The molecule has 3 aliphatic heterocycles. The van der Waals surface area contributed by atoms with Crippen LogP contribution in [-0.4, -0.2) is 215 Å². The van der Waals surface area contributed by atoms with Gasteiger partial charge in [0.25, 0.3) is 5.79 Å². The molecule has 0 aliphatic carbocycles. The Labute approximate surface area is 586 Å². The number of carboxylic acid groups (broad SMARTS) is 1. The molecular weight excluding hydrogens is 1260 g/mol. The molecule has 3 fully saturated rings. The summed E-state index contributed by atoms with van der Waals surface area (Å²) in [5.41, 5.74) is 0. The van der Waals surface area contributed by atoms with Gasteiger partial charge < -0.3 is 100 Å². The molecule has 23 heteroatoms. The summed E-state index contributed by atoms with van der Waals surface area (Å²) < 4.78 is 34.8. The number of nitrogens with one attached hydrogen (secondary N) is 2. The minimum atomic E-state index is -3.08. The highest BCUT2D eigenvalue weighted by atomic mass is 16.8. The van der Waals surface area contributed by atoms with Crippen molar-refractivity contribution in [3.05, 3.63) is 36.5 Å². The van der Waals surface area contributed by atoms with Crippen LogP contribution in [0.2, 0.25) is 0 Å². The monoisotopic (exact) mass is 1400 g/mol. The first-order valence-corrected chi connectivity index (χ1v) is 38.4. The van der Waals surface area contributed by atoms with Crippen molar-refractivity contribution in [1.82, 2.24) is 10.6 Å². The molecule has 572 valence electrons. The van der Waals surface area contributed by atoms with Gasteiger partial charge in [-0.2, -0.15) is 0 Å². The topological polar surface area (TPSA) is 373 Å². The Bertz CT molecular complexity index is 2110. The zero-order valence-electron chi connectivity index (χ0n) is 60.1. The summed E-state index contributed by atoms with van der Waals surface area (Å²) in [6.45, 7) is 2.14. The van der Waals surface area contributed by atoms with Crippen molar-refractivity contribution in [3.8, 4) is 0 Å². The van der Waals surface area contributed by atoms with Crippen LogP contribution >= 0.6 is 0 Å². The highest BCUT2D eigenvalue weighted by Gasteiger charge is 2.60. The lowest BCUT2D eigenvalue weighted by Gasteiger charge is -2.50. The third-order valence-corrected chi connectivity index (χ3v) is 19.3. The van der Waals surface area contributed by atoms with E-state index in [-0.39, 0.29) is 12.3 Å². The van der Waals surface area contributed by atoms with Gasteiger partial charge in [-0.1, -0.05) is 249 Å².